The van der Waals surface area contributed by atoms with E-state index in [1.165, 1.54) is 6.42 Å². The van der Waals surface area contributed by atoms with Gasteiger partial charge >= 0.3 is 0 Å². The molecular formula is C20H26N2O4. The predicted molar refractivity (Wildman–Crippen MR) is 96.1 cm³/mol. The van der Waals surface area contributed by atoms with E-state index in [-0.39, 0.29) is 24.3 Å². The SMILES string of the molecule is O=C(C1CCCCC1)N1CCN(C(=O)C2COc3ccccc3O2)CC1. The van der Waals surface area contributed by atoms with Gasteiger partial charge in [-0.1, -0.05) is 31.4 Å². The van der Waals surface area contributed by atoms with Crippen molar-refractivity contribution in [2.24, 2.45) is 5.92 Å². The summed E-state index contributed by atoms with van der Waals surface area (Å²) in [5.74, 6) is 1.72. The maximum absolute atomic E-state index is 12.8. The van der Waals surface area contributed by atoms with Gasteiger partial charge in [-0.15, -0.1) is 0 Å². The molecule has 6 nitrogen and oxygen atoms in total. The first-order chi connectivity index (χ1) is 12.7. The van der Waals surface area contributed by atoms with Crippen molar-refractivity contribution < 1.29 is 19.1 Å². The van der Waals surface area contributed by atoms with Crippen LogP contribution in [0.4, 0.5) is 0 Å². The van der Waals surface area contributed by atoms with E-state index >= 15 is 0 Å². The average molecular weight is 358 g/mol. The number of benzene rings is 1. The lowest BCUT2D eigenvalue weighted by Crippen LogP contribution is -2.55. The summed E-state index contributed by atoms with van der Waals surface area (Å²) in [5.41, 5.74) is 0. The van der Waals surface area contributed by atoms with Crippen LogP contribution >= 0.6 is 0 Å². The number of carbonyl (C=O) groups is 2. The van der Waals surface area contributed by atoms with Crippen LogP contribution in [0.1, 0.15) is 32.1 Å². The van der Waals surface area contributed by atoms with Crippen molar-refractivity contribution in [2.75, 3.05) is 32.8 Å². The second kappa shape index (κ2) is 7.56. The van der Waals surface area contributed by atoms with Crippen LogP contribution in [-0.4, -0.2) is 60.5 Å². The fourth-order valence-electron chi connectivity index (χ4n) is 4.10. The molecule has 1 aliphatic carbocycles. The molecule has 0 spiro atoms. The number of fused-ring (bicyclic) bond motifs is 1. The standard InChI is InChI=1S/C20H26N2O4/c23-19(15-6-2-1-3-7-15)21-10-12-22(13-11-21)20(24)18-14-25-16-8-4-5-9-17(16)26-18/h4-5,8-9,15,18H,1-3,6-7,10-14H2. The van der Waals surface area contributed by atoms with Crippen molar-refractivity contribution in [2.45, 2.75) is 38.2 Å². The monoisotopic (exact) mass is 358 g/mol. The van der Waals surface area contributed by atoms with Gasteiger partial charge in [-0.05, 0) is 25.0 Å². The molecule has 4 rings (SSSR count). The molecule has 2 fully saturated rings. The highest BCUT2D eigenvalue weighted by atomic mass is 16.6. The Morgan fingerprint density at radius 2 is 1.46 bits per heavy atom. The molecule has 0 bridgehead atoms. The number of hydrogen-bond donors (Lipinski definition) is 0. The molecule has 1 aromatic rings. The second-order valence-corrected chi connectivity index (χ2v) is 7.35. The van der Waals surface area contributed by atoms with E-state index in [0.717, 1.165) is 25.7 Å². The van der Waals surface area contributed by atoms with Gasteiger partial charge in [0.1, 0.15) is 6.61 Å². The van der Waals surface area contributed by atoms with Crippen LogP contribution in [0.15, 0.2) is 24.3 Å². The van der Waals surface area contributed by atoms with Gasteiger partial charge in [-0.25, -0.2) is 0 Å². The summed E-state index contributed by atoms with van der Waals surface area (Å²) in [6.45, 7) is 2.60. The van der Waals surface area contributed by atoms with Crippen molar-refractivity contribution in [3.63, 3.8) is 0 Å². The van der Waals surface area contributed by atoms with Crippen molar-refractivity contribution in [3.8, 4) is 11.5 Å². The fraction of sp³-hybridized carbons (Fsp3) is 0.600. The number of carbonyl (C=O) groups excluding carboxylic acids is 2. The van der Waals surface area contributed by atoms with Crippen LogP contribution in [0.3, 0.4) is 0 Å². The zero-order valence-electron chi connectivity index (χ0n) is 15.1. The van der Waals surface area contributed by atoms with E-state index in [1.807, 2.05) is 29.2 Å². The summed E-state index contributed by atoms with van der Waals surface area (Å²) in [4.78, 5) is 29.1. The van der Waals surface area contributed by atoms with Gasteiger partial charge in [0.05, 0.1) is 0 Å². The third-order valence-corrected chi connectivity index (χ3v) is 5.64. The summed E-state index contributed by atoms with van der Waals surface area (Å²) < 4.78 is 11.5. The third kappa shape index (κ3) is 3.50. The second-order valence-electron chi connectivity index (χ2n) is 7.35. The maximum Gasteiger partial charge on any atom is 0.267 e. The molecule has 1 unspecified atom stereocenters. The quantitative estimate of drug-likeness (QED) is 0.812. The largest absolute Gasteiger partial charge is 0.485 e. The highest BCUT2D eigenvalue weighted by molar-refractivity contribution is 5.83. The Morgan fingerprint density at radius 1 is 0.846 bits per heavy atom. The van der Waals surface area contributed by atoms with Gasteiger partial charge < -0.3 is 19.3 Å². The smallest absolute Gasteiger partial charge is 0.267 e. The van der Waals surface area contributed by atoms with Gasteiger partial charge in [0.15, 0.2) is 11.5 Å². The molecule has 6 heteroatoms. The Labute approximate surface area is 154 Å². The predicted octanol–water partition coefficient (Wildman–Crippen LogP) is 2.08. The Kier molecular flexibility index (Phi) is 5.00. The molecule has 0 N–H and O–H groups in total. The van der Waals surface area contributed by atoms with Crippen LogP contribution in [0, 0.1) is 5.92 Å². The first kappa shape index (κ1) is 17.2. The van der Waals surface area contributed by atoms with Crippen molar-refractivity contribution in [3.05, 3.63) is 24.3 Å². The van der Waals surface area contributed by atoms with E-state index in [4.69, 9.17) is 9.47 Å². The number of amides is 2. The molecule has 1 aromatic carbocycles. The average Bonchev–Trinajstić information content (AvgIpc) is 2.73. The van der Waals surface area contributed by atoms with Crippen LogP contribution in [0.5, 0.6) is 11.5 Å². The number of hydrogen-bond acceptors (Lipinski definition) is 4. The Hall–Kier alpha value is -2.24. The van der Waals surface area contributed by atoms with Gasteiger partial charge in [-0.2, -0.15) is 0 Å². The van der Waals surface area contributed by atoms with Gasteiger partial charge in [0.2, 0.25) is 12.0 Å². The third-order valence-electron chi connectivity index (χ3n) is 5.64. The van der Waals surface area contributed by atoms with Gasteiger partial charge in [-0.3, -0.25) is 9.59 Å². The number of piperazine rings is 1. The molecule has 26 heavy (non-hydrogen) atoms. The number of nitrogens with zero attached hydrogens (tertiary/aromatic N) is 2. The molecule has 2 amide bonds. The molecule has 2 heterocycles. The molecule has 2 aliphatic heterocycles. The molecular weight excluding hydrogens is 332 g/mol. The lowest BCUT2D eigenvalue weighted by Gasteiger charge is -2.38. The van der Waals surface area contributed by atoms with Crippen molar-refractivity contribution in [1.29, 1.82) is 0 Å². The summed E-state index contributed by atoms with van der Waals surface area (Å²) in [5, 5.41) is 0. The highest BCUT2D eigenvalue weighted by Crippen LogP contribution is 2.31. The molecule has 140 valence electrons. The van der Waals surface area contributed by atoms with E-state index < -0.39 is 6.10 Å². The molecule has 0 radical (unpaired) electrons. The Bertz CT molecular complexity index is 664. The Balaban J connectivity index is 1.30. The van der Waals surface area contributed by atoms with E-state index in [9.17, 15) is 9.59 Å². The minimum Gasteiger partial charge on any atom is -0.485 e. The molecule has 1 saturated carbocycles. The van der Waals surface area contributed by atoms with Crippen LogP contribution in [-0.2, 0) is 9.59 Å². The minimum atomic E-state index is -0.606. The van der Waals surface area contributed by atoms with E-state index in [0.29, 0.717) is 37.7 Å². The van der Waals surface area contributed by atoms with Gasteiger partial charge in [0, 0.05) is 32.1 Å². The normalized spacial score (nSPS) is 23.6. The molecule has 0 aromatic heterocycles. The summed E-state index contributed by atoms with van der Waals surface area (Å²) in [7, 11) is 0. The van der Waals surface area contributed by atoms with Crippen LogP contribution in [0.2, 0.25) is 0 Å². The number of para-hydroxylation sites is 2. The minimum absolute atomic E-state index is 0.0516. The lowest BCUT2D eigenvalue weighted by atomic mass is 9.88. The first-order valence-electron chi connectivity index (χ1n) is 9.68. The maximum atomic E-state index is 12.8. The summed E-state index contributed by atoms with van der Waals surface area (Å²) >= 11 is 0. The van der Waals surface area contributed by atoms with Crippen molar-refractivity contribution in [1.82, 2.24) is 9.80 Å². The van der Waals surface area contributed by atoms with E-state index in [2.05, 4.69) is 0 Å². The fourth-order valence-corrected chi connectivity index (χ4v) is 4.10. The highest BCUT2D eigenvalue weighted by Gasteiger charge is 2.34. The molecule has 1 atom stereocenters. The lowest BCUT2D eigenvalue weighted by molar-refractivity contribution is -0.147. The van der Waals surface area contributed by atoms with Gasteiger partial charge in [0.25, 0.3) is 5.91 Å². The number of rotatable bonds is 2. The van der Waals surface area contributed by atoms with Crippen LogP contribution in [0.25, 0.3) is 0 Å². The first-order valence-corrected chi connectivity index (χ1v) is 9.68. The molecule has 3 aliphatic rings. The topological polar surface area (TPSA) is 59.1 Å². The van der Waals surface area contributed by atoms with E-state index in [1.54, 1.807) is 4.90 Å². The zero-order valence-corrected chi connectivity index (χ0v) is 15.1. The Morgan fingerprint density at radius 3 is 2.15 bits per heavy atom. The summed E-state index contributed by atoms with van der Waals surface area (Å²) in [6, 6.07) is 7.40. The number of ether oxygens (including phenoxy) is 2. The summed E-state index contributed by atoms with van der Waals surface area (Å²) in [6.07, 6.45) is 5.00. The van der Waals surface area contributed by atoms with Crippen LogP contribution < -0.4 is 9.47 Å². The van der Waals surface area contributed by atoms with Crippen molar-refractivity contribution >= 4 is 11.8 Å². The molecule has 1 saturated heterocycles. The zero-order chi connectivity index (χ0) is 17.9.